The Morgan fingerprint density at radius 3 is 1.73 bits per heavy atom. The Morgan fingerprint density at radius 1 is 0.479 bits per heavy atom. The summed E-state index contributed by atoms with van der Waals surface area (Å²) in [6.07, 6.45) is 4.34. The smallest absolute Gasteiger partial charge is 0.0541 e. The van der Waals surface area contributed by atoms with Gasteiger partial charge in [-0.1, -0.05) is 121 Å². The van der Waals surface area contributed by atoms with Gasteiger partial charge in [0.25, 0.3) is 0 Å². The van der Waals surface area contributed by atoms with E-state index in [-0.39, 0.29) is 0 Å². The van der Waals surface area contributed by atoms with Crippen LogP contribution in [0.25, 0.3) is 55.8 Å². The standard InChI is InChI=1S/C46H36N2/c1-3-13-41-33(2)14-12-21-44(41)47(39-27-22-35(23-28-39)34-15-6-4-7-16-34)40-29-24-36(25-30-40)37-26-31-46-43(32-37)42-19-10-11-20-45(42)48(46)38-17-8-5-9-18-38/h3-32H,1-2H3/b13-3-. The highest BCUT2D eigenvalue weighted by molar-refractivity contribution is 6.10. The maximum atomic E-state index is 2.37. The molecular weight excluding hydrogens is 581 g/mol. The highest BCUT2D eigenvalue weighted by atomic mass is 15.1. The van der Waals surface area contributed by atoms with E-state index in [2.05, 4.69) is 205 Å². The minimum atomic E-state index is 1.12. The van der Waals surface area contributed by atoms with Crippen LogP contribution in [0.1, 0.15) is 18.1 Å². The van der Waals surface area contributed by atoms with Gasteiger partial charge < -0.3 is 9.47 Å². The van der Waals surface area contributed by atoms with Gasteiger partial charge in [0, 0.05) is 33.4 Å². The Labute approximate surface area is 282 Å². The first-order chi connectivity index (χ1) is 23.7. The molecular formula is C46H36N2. The molecule has 0 fully saturated rings. The molecule has 0 bridgehead atoms. The van der Waals surface area contributed by atoms with E-state index in [1.165, 1.54) is 60.9 Å². The molecule has 0 aliphatic carbocycles. The third-order valence-electron chi connectivity index (χ3n) is 9.25. The van der Waals surface area contributed by atoms with Crippen LogP contribution in [0.15, 0.2) is 176 Å². The van der Waals surface area contributed by atoms with Gasteiger partial charge in [-0.05, 0) is 102 Å². The van der Waals surface area contributed by atoms with Gasteiger partial charge >= 0.3 is 0 Å². The topological polar surface area (TPSA) is 8.17 Å². The van der Waals surface area contributed by atoms with Crippen molar-refractivity contribution < 1.29 is 0 Å². The Balaban J connectivity index is 1.22. The van der Waals surface area contributed by atoms with Crippen molar-refractivity contribution >= 4 is 44.9 Å². The van der Waals surface area contributed by atoms with Gasteiger partial charge in [0.1, 0.15) is 0 Å². The Hall–Kier alpha value is -6.12. The second kappa shape index (κ2) is 12.6. The van der Waals surface area contributed by atoms with Crippen molar-refractivity contribution in [2.24, 2.45) is 0 Å². The second-order valence-corrected chi connectivity index (χ2v) is 12.2. The van der Waals surface area contributed by atoms with Crippen molar-refractivity contribution in [3.8, 4) is 27.9 Å². The van der Waals surface area contributed by atoms with Crippen LogP contribution in [0.3, 0.4) is 0 Å². The molecule has 48 heavy (non-hydrogen) atoms. The zero-order valence-corrected chi connectivity index (χ0v) is 27.2. The average Bonchev–Trinajstić information content (AvgIpc) is 3.48. The van der Waals surface area contributed by atoms with Gasteiger partial charge in [-0.2, -0.15) is 0 Å². The van der Waals surface area contributed by atoms with Crippen molar-refractivity contribution in [2.45, 2.75) is 13.8 Å². The molecule has 0 aliphatic heterocycles. The molecule has 8 rings (SSSR count). The van der Waals surface area contributed by atoms with Crippen LogP contribution >= 0.6 is 0 Å². The lowest BCUT2D eigenvalue weighted by atomic mass is 10.0. The van der Waals surface area contributed by atoms with Gasteiger partial charge in [0.15, 0.2) is 0 Å². The number of anilines is 3. The van der Waals surface area contributed by atoms with Gasteiger partial charge in [0.2, 0.25) is 0 Å². The summed E-state index contributed by atoms with van der Waals surface area (Å²) in [5.74, 6) is 0. The zero-order chi connectivity index (χ0) is 32.5. The lowest BCUT2D eigenvalue weighted by molar-refractivity contribution is 1.18. The molecule has 0 aliphatic rings. The number of hydrogen-bond acceptors (Lipinski definition) is 1. The predicted octanol–water partition coefficient (Wildman–Crippen LogP) is 12.9. The lowest BCUT2D eigenvalue weighted by Gasteiger charge is -2.28. The van der Waals surface area contributed by atoms with E-state index < -0.39 is 0 Å². The average molecular weight is 617 g/mol. The minimum absolute atomic E-state index is 1.12. The van der Waals surface area contributed by atoms with Crippen LogP contribution in [0.2, 0.25) is 0 Å². The first-order valence-electron chi connectivity index (χ1n) is 16.6. The predicted molar refractivity (Wildman–Crippen MR) is 206 cm³/mol. The van der Waals surface area contributed by atoms with E-state index in [0.29, 0.717) is 0 Å². The minimum Gasteiger partial charge on any atom is -0.310 e. The highest BCUT2D eigenvalue weighted by Gasteiger charge is 2.18. The maximum absolute atomic E-state index is 2.37. The van der Waals surface area contributed by atoms with E-state index >= 15 is 0 Å². The summed E-state index contributed by atoms with van der Waals surface area (Å²) in [4.78, 5) is 2.37. The van der Waals surface area contributed by atoms with Gasteiger partial charge in [-0.15, -0.1) is 0 Å². The molecule has 0 amide bonds. The van der Waals surface area contributed by atoms with Crippen molar-refractivity contribution in [3.05, 3.63) is 187 Å². The number of fused-ring (bicyclic) bond motifs is 3. The molecule has 0 saturated carbocycles. The summed E-state index contributed by atoms with van der Waals surface area (Å²) in [5, 5.41) is 2.52. The molecule has 2 heteroatoms. The van der Waals surface area contributed by atoms with Gasteiger partial charge in [-0.25, -0.2) is 0 Å². The monoisotopic (exact) mass is 616 g/mol. The van der Waals surface area contributed by atoms with E-state index in [9.17, 15) is 0 Å². The molecule has 2 nitrogen and oxygen atoms in total. The van der Waals surface area contributed by atoms with E-state index in [1.54, 1.807) is 0 Å². The second-order valence-electron chi connectivity index (χ2n) is 12.2. The number of hydrogen-bond donors (Lipinski definition) is 0. The summed E-state index contributed by atoms with van der Waals surface area (Å²) in [6.45, 7) is 4.27. The summed E-state index contributed by atoms with van der Waals surface area (Å²) in [5.41, 5.74) is 14.3. The van der Waals surface area contributed by atoms with Crippen molar-refractivity contribution in [1.29, 1.82) is 0 Å². The van der Waals surface area contributed by atoms with Crippen LogP contribution < -0.4 is 4.90 Å². The Kier molecular flexibility index (Phi) is 7.68. The number of benzene rings is 7. The first kappa shape index (κ1) is 29.3. The number of aryl methyl sites for hydroxylation is 1. The molecule has 230 valence electrons. The number of nitrogens with zero attached hydrogens (tertiary/aromatic N) is 2. The van der Waals surface area contributed by atoms with Crippen molar-refractivity contribution in [3.63, 3.8) is 0 Å². The normalized spacial score (nSPS) is 11.5. The fourth-order valence-corrected chi connectivity index (χ4v) is 6.92. The zero-order valence-electron chi connectivity index (χ0n) is 27.2. The molecule has 8 aromatic rings. The molecule has 7 aromatic carbocycles. The van der Waals surface area contributed by atoms with Crippen LogP contribution in [0.4, 0.5) is 17.1 Å². The van der Waals surface area contributed by atoms with Gasteiger partial charge in [-0.3, -0.25) is 0 Å². The third kappa shape index (κ3) is 5.28. The van der Waals surface area contributed by atoms with Crippen molar-refractivity contribution in [2.75, 3.05) is 4.90 Å². The summed E-state index contributed by atoms with van der Waals surface area (Å²) >= 11 is 0. The molecule has 0 radical (unpaired) electrons. The van der Waals surface area contributed by atoms with Crippen LogP contribution in [-0.4, -0.2) is 4.57 Å². The molecule has 0 atom stereocenters. The Bertz CT molecular complexity index is 2380. The molecule has 0 spiro atoms. The number of allylic oxidation sites excluding steroid dienone is 1. The molecule has 0 saturated heterocycles. The third-order valence-corrected chi connectivity index (χ3v) is 9.25. The molecule has 1 heterocycles. The fourth-order valence-electron chi connectivity index (χ4n) is 6.92. The summed E-state index contributed by atoms with van der Waals surface area (Å²) in [6, 6.07) is 61.2. The lowest BCUT2D eigenvalue weighted by Crippen LogP contribution is -2.12. The van der Waals surface area contributed by atoms with E-state index in [0.717, 1.165) is 17.1 Å². The number of rotatable bonds is 7. The largest absolute Gasteiger partial charge is 0.310 e. The maximum Gasteiger partial charge on any atom is 0.0541 e. The number of aromatic nitrogens is 1. The van der Waals surface area contributed by atoms with Crippen molar-refractivity contribution in [1.82, 2.24) is 4.57 Å². The summed E-state index contributed by atoms with van der Waals surface area (Å²) < 4.78 is 2.36. The molecule has 0 N–H and O–H groups in total. The highest BCUT2D eigenvalue weighted by Crippen LogP contribution is 2.40. The molecule has 0 unspecified atom stereocenters. The Morgan fingerprint density at radius 2 is 1.04 bits per heavy atom. The quantitative estimate of drug-likeness (QED) is 0.173. The number of para-hydroxylation sites is 2. The summed E-state index contributed by atoms with van der Waals surface area (Å²) in [7, 11) is 0. The SMILES string of the molecule is C/C=C\c1c(C)cccc1N(c1ccc(-c2ccccc2)cc1)c1ccc(-c2ccc3c(c2)c2ccccc2n3-c2ccccc2)cc1. The van der Waals surface area contributed by atoms with E-state index in [4.69, 9.17) is 0 Å². The van der Waals surface area contributed by atoms with Gasteiger partial charge in [0.05, 0.1) is 16.7 Å². The molecule has 1 aromatic heterocycles. The van der Waals surface area contributed by atoms with Crippen LogP contribution in [0, 0.1) is 6.92 Å². The van der Waals surface area contributed by atoms with Crippen LogP contribution in [0.5, 0.6) is 0 Å². The van der Waals surface area contributed by atoms with E-state index in [1.807, 2.05) is 0 Å². The fraction of sp³-hybridized carbons (Fsp3) is 0.0435. The first-order valence-corrected chi connectivity index (χ1v) is 16.6. The van der Waals surface area contributed by atoms with Crippen LogP contribution in [-0.2, 0) is 0 Å².